The molecular formula is C23H36F3N3O5Si. The summed E-state index contributed by atoms with van der Waals surface area (Å²) in [7, 11) is -1.36. The van der Waals surface area contributed by atoms with E-state index in [2.05, 4.69) is 24.7 Å². The number of hydrogen-bond acceptors (Lipinski definition) is 6. The molecule has 1 aliphatic carbocycles. The fourth-order valence-corrected chi connectivity index (χ4v) is 5.30. The van der Waals surface area contributed by atoms with E-state index >= 15 is 0 Å². The second kappa shape index (κ2) is 11.4. The molecule has 0 amide bonds. The van der Waals surface area contributed by atoms with Crippen molar-refractivity contribution in [2.75, 3.05) is 31.2 Å². The number of nitrogens with zero attached hydrogens (tertiary/aromatic N) is 3. The Bertz CT molecular complexity index is 926. The van der Waals surface area contributed by atoms with Gasteiger partial charge in [-0.15, -0.1) is 0 Å². The molecule has 12 heteroatoms. The zero-order chi connectivity index (χ0) is 25.8. The van der Waals surface area contributed by atoms with Gasteiger partial charge in [-0.1, -0.05) is 19.6 Å². The van der Waals surface area contributed by atoms with E-state index in [-0.39, 0.29) is 30.4 Å². The molecule has 1 unspecified atom stereocenters. The largest absolute Gasteiger partial charge is 0.481 e. The van der Waals surface area contributed by atoms with Gasteiger partial charge in [0.1, 0.15) is 12.3 Å². The molecule has 0 radical (unpaired) electrons. The fourth-order valence-electron chi connectivity index (χ4n) is 4.54. The maximum Gasteiger partial charge on any atom is 0.423 e. The molecule has 2 heterocycles. The van der Waals surface area contributed by atoms with Gasteiger partial charge in [0.2, 0.25) is 0 Å². The maximum atomic E-state index is 13.9. The summed E-state index contributed by atoms with van der Waals surface area (Å²) in [6.45, 7) is 7.66. The third-order valence-electron chi connectivity index (χ3n) is 6.73. The van der Waals surface area contributed by atoms with E-state index in [1.54, 1.807) is 4.90 Å². The number of carbonyl (C=O) groups is 1. The van der Waals surface area contributed by atoms with E-state index in [4.69, 9.17) is 14.6 Å². The number of ether oxygens (including phenoxy) is 2. The fraction of sp³-hybridized carbons (Fsp3) is 0.783. The Morgan fingerprint density at radius 3 is 2.49 bits per heavy atom. The number of aromatic nitrogens is 2. The average Bonchev–Trinajstić information content (AvgIpc) is 3.23. The first-order valence-electron chi connectivity index (χ1n) is 12.2. The zero-order valence-corrected chi connectivity index (χ0v) is 21.6. The molecule has 0 aromatic carbocycles. The van der Waals surface area contributed by atoms with E-state index in [0.717, 1.165) is 16.9 Å². The van der Waals surface area contributed by atoms with Crippen molar-refractivity contribution in [3.05, 3.63) is 22.1 Å². The number of rotatable bonds is 10. The van der Waals surface area contributed by atoms with Gasteiger partial charge in [0, 0.05) is 33.7 Å². The van der Waals surface area contributed by atoms with E-state index in [0.29, 0.717) is 58.4 Å². The quantitative estimate of drug-likeness (QED) is 0.368. The molecule has 198 valence electrons. The molecule has 0 bridgehead atoms. The molecule has 8 nitrogen and oxygen atoms in total. The molecule has 35 heavy (non-hydrogen) atoms. The summed E-state index contributed by atoms with van der Waals surface area (Å²) in [5.74, 6) is -1.07. The van der Waals surface area contributed by atoms with Crippen LogP contribution in [0.2, 0.25) is 25.7 Å². The van der Waals surface area contributed by atoms with Crippen molar-refractivity contribution in [1.29, 1.82) is 0 Å². The predicted molar refractivity (Wildman–Crippen MR) is 127 cm³/mol. The number of carboxylic acids is 1. The summed E-state index contributed by atoms with van der Waals surface area (Å²) >= 11 is 0. The van der Waals surface area contributed by atoms with E-state index < -0.39 is 31.3 Å². The van der Waals surface area contributed by atoms with Gasteiger partial charge in [0.05, 0.1) is 30.5 Å². The first kappa shape index (κ1) is 27.7. The van der Waals surface area contributed by atoms with Gasteiger partial charge < -0.3 is 19.5 Å². The number of aliphatic carboxylic acids is 1. The lowest BCUT2D eigenvalue weighted by Crippen LogP contribution is -2.35. The monoisotopic (exact) mass is 519 g/mol. The first-order chi connectivity index (χ1) is 16.3. The Morgan fingerprint density at radius 2 is 1.89 bits per heavy atom. The maximum absolute atomic E-state index is 13.9. The number of anilines is 1. The van der Waals surface area contributed by atoms with Crippen LogP contribution < -0.4 is 10.5 Å². The van der Waals surface area contributed by atoms with Crippen molar-refractivity contribution in [2.24, 2.45) is 11.8 Å². The van der Waals surface area contributed by atoms with Gasteiger partial charge in [0.25, 0.3) is 5.56 Å². The Hall–Kier alpha value is -1.92. The van der Waals surface area contributed by atoms with Crippen LogP contribution in [0, 0.1) is 11.8 Å². The van der Waals surface area contributed by atoms with Crippen LogP contribution in [-0.2, 0) is 27.2 Å². The van der Waals surface area contributed by atoms with Gasteiger partial charge in [-0.05, 0) is 38.1 Å². The third kappa shape index (κ3) is 7.78. The SMILES string of the molecule is C[Si](C)(C)CCOCn1ncc(N2CCC(COC3CCC(C(=O)O)CC3)C2)c(C(F)(F)F)c1=O. The lowest BCUT2D eigenvalue weighted by atomic mass is 9.87. The standard InChI is InChI=1S/C23H36F3N3O5Si/c1-35(2,3)11-10-33-15-29-21(30)20(23(24,25)26)19(12-27-29)28-9-8-16(13-28)14-34-18-6-4-17(5-7-18)22(31)32/h12,16-18H,4-11,13-15H2,1-3H3,(H,31,32). The van der Waals surface area contributed by atoms with Crippen LogP contribution in [0.25, 0.3) is 0 Å². The van der Waals surface area contributed by atoms with Crippen LogP contribution in [0.4, 0.5) is 18.9 Å². The molecule has 1 atom stereocenters. The summed E-state index contributed by atoms with van der Waals surface area (Å²) in [5, 5.41) is 13.1. The first-order valence-corrected chi connectivity index (χ1v) is 15.9. The minimum Gasteiger partial charge on any atom is -0.481 e. The molecule has 2 fully saturated rings. The summed E-state index contributed by atoms with van der Waals surface area (Å²) in [6.07, 6.45) is -0.566. The molecule has 1 aliphatic heterocycles. The summed E-state index contributed by atoms with van der Waals surface area (Å²) < 4.78 is 53.8. The summed E-state index contributed by atoms with van der Waals surface area (Å²) in [5.41, 5.74) is -2.61. The summed E-state index contributed by atoms with van der Waals surface area (Å²) in [6, 6.07) is 0.837. The highest BCUT2D eigenvalue weighted by Gasteiger charge is 2.41. The van der Waals surface area contributed by atoms with Crippen LogP contribution >= 0.6 is 0 Å². The molecule has 0 spiro atoms. The van der Waals surface area contributed by atoms with Crippen LogP contribution in [0.1, 0.15) is 37.7 Å². The molecule has 1 saturated heterocycles. The lowest BCUT2D eigenvalue weighted by molar-refractivity contribution is -0.144. The minimum absolute atomic E-state index is 0.0167. The highest BCUT2D eigenvalue weighted by Crippen LogP contribution is 2.36. The van der Waals surface area contributed by atoms with Crippen LogP contribution in [0.15, 0.2) is 11.0 Å². The molecular weight excluding hydrogens is 483 g/mol. The van der Waals surface area contributed by atoms with Gasteiger partial charge in [0.15, 0.2) is 0 Å². The molecule has 3 rings (SSSR count). The predicted octanol–water partition coefficient (Wildman–Crippen LogP) is 4.06. The van der Waals surface area contributed by atoms with Crippen LogP contribution in [0.5, 0.6) is 0 Å². The molecule has 1 aromatic heterocycles. The van der Waals surface area contributed by atoms with Crippen molar-refractivity contribution in [2.45, 2.75) is 76.8 Å². The van der Waals surface area contributed by atoms with E-state index in [9.17, 15) is 22.8 Å². The van der Waals surface area contributed by atoms with Crippen LogP contribution in [-0.4, -0.2) is 61.3 Å². The van der Waals surface area contributed by atoms with Crippen molar-refractivity contribution in [3.8, 4) is 0 Å². The molecule has 1 aromatic rings. The van der Waals surface area contributed by atoms with Crippen LogP contribution in [0.3, 0.4) is 0 Å². The van der Waals surface area contributed by atoms with Crippen molar-refractivity contribution in [3.63, 3.8) is 0 Å². The van der Waals surface area contributed by atoms with Gasteiger partial charge in [-0.25, -0.2) is 4.68 Å². The lowest BCUT2D eigenvalue weighted by Gasteiger charge is -2.27. The number of halogens is 3. The normalized spacial score (nSPS) is 23.6. The number of hydrogen-bond donors (Lipinski definition) is 1. The third-order valence-corrected chi connectivity index (χ3v) is 8.44. The van der Waals surface area contributed by atoms with Crippen molar-refractivity contribution >= 4 is 19.7 Å². The highest BCUT2D eigenvalue weighted by molar-refractivity contribution is 6.76. The highest BCUT2D eigenvalue weighted by atomic mass is 28.3. The second-order valence-corrected chi connectivity index (χ2v) is 16.4. The van der Waals surface area contributed by atoms with Crippen molar-refractivity contribution in [1.82, 2.24) is 9.78 Å². The van der Waals surface area contributed by atoms with E-state index in [1.807, 2.05) is 0 Å². The molecule has 1 N–H and O–H groups in total. The number of carboxylic acid groups (broad SMARTS) is 1. The zero-order valence-electron chi connectivity index (χ0n) is 20.6. The Kier molecular flexibility index (Phi) is 9.03. The van der Waals surface area contributed by atoms with Gasteiger partial charge in [-0.2, -0.15) is 18.3 Å². The number of alkyl halides is 3. The minimum atomic E-state index is -4.81. The van der Waals surface area contributed by atoms with Gasteiger partial charge in [-0.3, -0.25) is 9.59 Å². The van der Waals surface area contributed by atoms with Gasteiger partial charge >= 0.3 is 12.1 Å². The Balaban J connectivity index is 1.60. The Morgan fingerprint density at radius 1 is 1.20 bits per heavy atom. The molecule has 2 aliphatic rings. The second-order valence-electron chi connectivity index (χ2n) is 10.8. The topological polar surface area (TPSA) is 93.9 Å². The van der Waals surface area contributed by atoms with E-state index in [1.165, 1.54) is 0 Å². The summed E-state index contributed by atoms with van der Waals surface area (Å²) in [4.78, 5) is 25.3. The van der Waals surface area contributed by atoms with Crippen molar-refractivity contribution < 1.29 is 32.5 Å². The smallest absolute Gasteiger partial charge is 0.423 e. The Labute approximate surface area is 204 Å². The average molecular weight is 520 g/mol. The molecule has 1 saturated carbocycles.